The summed E-state index contributed by atoms with van der Waals surface area (Å²) in [6, 6.07) is 7.85. The monoisotopic (exact) mass is 383 g/mol. The van der Waals surface area contributed by atoms with Crippen molar-refractivity contribution in [1.82, 2.24) is 14.6 Å². The molecule has 0 saturated carbocycles. The molecule has 9 heteroatoms. The second-order valence-electron chi connectivity index (χ2n) is 5.19. The van der Waals surface area contributed by atoms with E-state index in [1.54, 1.807) is 18.5 Å². The third-order valence-electron chi connectivity index (χ3n) is 3.39. The van der Waals surface area contributed by atoms with E-state index in [1.165, 1.54) is 32.4 Å². The van der Waals surface area contributed by atoms with Crippen LogP contribution in [0, 0.1) is 0 Å². The van der Waals surface area contributed by atoms with E-state index in [9.17, 15) is 13.2 Å². The lowest BCUT2D eigenvalue weighted by molar-refractivity contribution is -0.121. The quantitative estimate of drug-likeness (QED) is 0.785. The number of nitrogens with one attached hydrogen (secondary N) is 1. The van der Waals surface area contributed by atoms with Gasteiger partial charge in [0, 0.05) is 31.0 Å². The molecule has 2 aromatic rings. The van der Waals surface area contributed by atoms with E-state index in [0.717, 1.165) is 9.87 Å². The molecule has 2 rings (SSSR count). The van der Waals surface area contributed by atoms with Crippen LogP contribution in [-0.4, -0.2) is 44.3 Å². The number of hydrogen-bond donors (Lipinski definition) is 1. The number of likely N-dealkylation sites (N-methyl/N-ethyl adjacent to an activating group) is 1. The molecule has 0 unspecified atom stereocenters. The number of halogens is 1. The number of rotatable bonds is 7. The number of sulfonamides is 1. The minimum Gasteiger partial charge on any atom is -0.495 e. The highest BCUT2D eigenvalue weighted by atomic mass is 35.5. The van der Waals surface area contributed by atoms with Crippen LogP contribution in [0.4, 0.5) is 0 Å². The third kappa shape index (κ3) is 4.91. The molecule has 1 heterocycles. The number of ether oxygens (including phenoxy) is 1. The van der Waals surface area contributed by atoms with Gasteiger partial charge in [-0.2, -0.15) is 4.31 Å². The molecular formula is C16H18ClN3O4S. The van der Waals surface area contributed by atoms with Crippen molar-refractivity contribution in [2.45, 2.75) is 11.4 Å². The minimum atomic E-state index is -3.93. The van der Waals surface area contributed by atoms with Crippen molar-refractivity contribution in [2.24, 2.45) is 0 Å². The summed E-state index contributed by atoms with van der Waals surface area (Å²) in [4.78, 5) is 15.9. The Morgan fingerprint density at radius 3 is 2.76 bits per heavy atom. The Hall–Kier alpha value is -2.16. The number of carbonyl (C=O) groups is 1. The Labute approximate surface area is 151 Å². The van der Waals surface area contributed by atoms with Crippen molar-refractivity contribution < 1.29 is 17.9 Å². The number of benzene rings is 1. The fourth-order valence-corrected chi connectivity index (χ4v) is 3.61. The van der Waals surface area contributed by atoms with Crippen LogP contribution in [-0.2, 0) is 21.4 Å². The number of nitrogens with zero attached hydrogens (tertiary/aromatic N) is 2. The molecule has 1 N–H and O–H groups in total. The molecule has 0 fully saturated rings. The standard InChI is InChI=1S/C16H18ClN3O4S/c1-20(11-16(21)19-10-12-4-3-7-18-9-12)25(22,23)15-8-13(17)5-6-14(15)24-2/h3-9H,10-11H2,1-2H3,(H,19,21). The molecule has 1 aromatic carbocycles. The highest BCUT2D eigenvalue weighted by Crippen LogP contribution is 2.28. The molecule has 1 aromatic heterocycles. The summed E-state index contributed by atoms with van der Waals surface area (Å²) in [5.74, 6) is -0.275. The lowest BCUT2D eigenvalue weighted by Gasteiger charge is -2.18. The smallest absolute Gasteiger partial charge is 0.247 e. The van der Waals surface area contributed by atoms with Crippen LogP contribution in [0.2, 0.25) is 5.02 Å². The van der Waals surface area contributed by atoms with E-state index in [-0.39, 0.29) is 28.8 Å². The molecular weight excluding hydrogens is 366 g/mol. The summed E-state index contributed by atoms with van der Waals surface area (Å²) in [6.07, 6.45) is 3.25. The van der Waals surface area contributed by atoms with Gasteiger partial charge in [0.2, 0.25) is 15.9 Å². The first-order valence-electron chi connectivity index (χ1n) is 7.30. The van der Waals surface area contributed by atoms with Crippen LogP contribution in [0.5, 0.6) is 5.75 Å². The summed E-state index contributed by atoms with van der Waals surface area (Å²) in [6.45, 7) is -0.0701. The molecule has 0 saturated heterocycles. The number of carbonyl (C=O) groups excluding carboxylic acids is 1. The summed E-state index contributed by atoms with van der Waals surface area (Å²) < 4.78 is 31.4. The van der Waals surface area contributed by atoms with Gasteiger partial charge >= 0.3 is 0 Å². The van der Waals surface area contributed by atoms with Crippen LogP contribution in [0.25, 0.3) is 0 Å². The zero-order valence-corrected chi connectivity index (χ0v) is 15.3. The molecule has 0 spiro atoms. The number of pyridine rings is 1. The molecule has 7 nitrogen and oxygen atoms in total. The van der Waals surface area contributed by atoms with Gasteiger partial charge in [-0.1, -0.05) is 17.7 Å². The Morgan fingerprint density at radius 2 is 2.12 bits per heavy atom. The average molecular weight is 384 g/mol. The molecule has 0 radical (unpaired) electrons. The predicted molar refractivity (Wildman–Crippen MR) is 93.9 cm³/mol. The lowest BCUT2D eigenvalue weighted by Crippen LogP contribution is -2.38. The van der Waals surface area contributed by atoms with Crippen LogP contribution in [0.15, 0.2) is 47.6 Å². The summed E-state index contributed by atoms with van der Waals surface area (Å²) >= 11 is 5.88. The Bertz CT molecular complexity index is 844. The maximum Gasteiger partial charge on any atom is 0.247 e. The first kappa shape index (κ1) is 19.2. The van der Waals surface area contributed by atoms with E-state index >= 15 is 0 Å². The molecule has 0 bridgehead atoms. The van der Waals surface area contributed by atoms with E-state index < -0.39 is 15.9 Å². The van der Waals surface area contributed by atoms with Crippen LogP contribution in [0.3, 0.4) is 0 Å². The zero-order chi connectivity index (χ0) is 18.4. The summed E-state index contributed by atoms with van der Waals surface area (Å²) in [7, 11) is -1.25. The number of methoxy groups -OCH3 is 1. The third-order valence-corrected chi connectivity index (χ3v) is 5.45. The highest BCUT2D eigenvalue weighted by Gasteiger charge is 2.26. The normalized spacial score (nSPS) is 11.4. The second kappa shape index (κ2) is 8.28. The van der Waals surface area contributed by atoms with Gasteiger partial charge in [-0.3, -0.25) is 9.78 Å². The fourth-order valence-electron chi connectivity index (χ4n) is 2.07. The first-order chi connectivity index (χ1) is 11.8. The molecule has 25 heavy (non-hydrogen) atoms. The van der Waals surface area contributed by atoms with Crippen LogP contribution < -0.4 is 10.1 Å². The maximum absolute atomic E-state index is 12.7. The van der Waals surface area contributed by atoms with Crippen molar-refractivity contribution in [2.75, 3.05) is 20.7 Å². The SMILES string of the molecule is COc1ccc(Cl)cc1S(=O)(=O)N(C)CC(=O)NCc1cccnc1. The molecule has 0 aliphatic rings. The molecule has 0 aliphatic heterocycles. The van der Waals surface area contributed by atoms with Gasteiger partial charge in [-0.25, -0.2) is 8.42 Å². The highest BCUT2D eigenvalue weighted by molar-refractivity contribution is 7.89. The van der Waals surface area contributed by atoms with E-state index in [4.69, 9.17) is 16.3 Å². The van der Waals surface area contributed by atoms with Crippen molar-refractivity contribution in [3.05, 3.63) is 53.3 Å². The largest absolute Gasteiger partial charge is 0.495 e. The predicted octanol–water partition coefficient (Wildman–Crippen LogP) is 1.68. The second-order valence-corrected chi connectivity index (χ2v) is 7.64. The topological polar surface area (TPSA) is 88.6 Å². The van der Waals surface area contributed by atoms with Crippen molar-refractivity contribution in [1.29, 1.82) is 0 Å². The van der Waals surface area contributed by atoms with Crippen LogP contribution >= 0.6 is 11.6 Å². The van der Waals surface area contributed by atoms with Gasteiger partial charge in [0.1, 0.15) is 10.6 Å². The fraction of sp³-hybridized carbons (Fsp3) is 0.250. The van der Waals surface area contributed by atoms with Crippen LogP contribution in [0.1, 0.15) is 5.56 Å². The summed E-state index contributed by atoms with van der Waals surface area (Å²) in [5, 5.41) is 2.91. The lowest BCUT2D eigenvalue weighted by atomic mass is 10.3. The van der Waals surface area contributed by atoms with E-state index in [0.29, 0.717) is 0 Å². The van der Waals surface area contributed by atoms with Crippen molar-refractivity contribution in [3.63, 3.8) is 0 Å². The van der Waals surface area contributed by atoms with Gasteiger partial charge < -0.3 is 10.1 Å². The van der Waals surface area contributed by atoms with Gasteiger partial charge in [0.25, 0.3) is 0 Å². The van der Waals surface area contributed by atoms with E-state index in [2.05, 4.69) is 10.3 Å². The van der Waals surface area contributed by atoms with Gasteiger partial charge in [0.15, 0.2) is 0 Å². The Morgan fingerprint density at radius 1 is 1.36 bits per heavy atom. The maximum atomic E-state index is 12.7. The number of aromatic nitrogens is 1. The average Bonchev–Trinajstić information content (AvgIpc) is 2.60. The Kier molecular flexibility index (Phi) is 6.35. The van der Waals surface area contributed by atoms with Gasteiger partial charge in [-0.05, 0) is 29.8 Å². The van der Waals surface area contributed by atoms with Gasteiger partial charge in [0.05, 0.1) is 13.7 Å². The van der Waals surface area contributed by atoms with Crippen molar-refractivity contribution in [3.8, 4) is 5.75 Å². The van der Waals surface area contributed by atoms with Crippen molar-refractivity contribution >= 4 is 27.5 Å². The number of amides is 1. The number of hydrogen-bond acceptors (Lipinski definition) is 5. The Balaban J connectivity index is 2.07. The molecule has 0 atom stereocenters. The first-order valence-corrected chi connectivity index (χ1v) is 9.12. The minimum absolute atomic E-state index is 0.0925. The molecule has 134 valence electrons. The summed E-state index contributed by atoms with van der Waals surface area (Å²) in [5.41, 5.74) is 0.817. The van der Waals surface area contributed by atoms with Gasteiger partial charge in [-0.15, -0.1) is 0 Å². The van der Waals surface area contributed by atoms with E-state index in [1.807, 2.05) is 6.07 Å². The zero-order valence-electron chi connectivity index (χ0n) is 13.8. The molecule has 0 aliphatic carbocycles. The molecule has 1 amide bonds.